The molecule has 0 unspecified atom stereocenters. The van der Waals surface area contributed by atoms with Gasteiger partial charge in [0.1, 0.15) is 11.5 Å². The zero-order chi connectivity index (χ0) is 17.2. The van der Waals surface area contributed by atoms with Crippen molar-refractivity contribution in [3.05, 3.63) is 53.9 Å². The molecule has 3 aliphatic rings. The normalized spacial score (nSPS) is 24.8. The molecule has 1 aromatic carbocycles. The van der Waals surface area contributed by atoms with E-state index in [1.807, 2.05) is 37.3 Å². The average molecular weight is 337 g/mol. The van der Waals surface area contributed by atoms with E-state index in [2.05, 4.69) is 15.2 Å². The SMILES string of the molecule is Cc1cnccc1Oc1ccc(C(=O)N[C@H]2CN3CCC2CC3)cc1. The smallest absolute Gasteiger partial charge is 0.251 e. The van der Waals surface area contributed by atoms with E-state index < -0.39 is 0 Å². The van der Waals surface area contributed by atoms with Crippen LogP contribution >= 0.6 is 0 Å². The lowest BCUT2D eigenvalue weighted by molar-refractivity contribution is 0.0620. The molecule has 1 atom stereocenters. The summed E-state index contributed by atoms with van der Waals surface area (Å²) in [7, 11) is 0. The molecule has 2 bridgehead atoms. The number of carbonyl (C=O) groups excluding carboxylic acids is 1. The Morgan fingerprint density at radius 2 is 1.96 bits per heavy atom. The molecule has 130 valence electrons. The van der Waals surface area contributed by atoms with Gasteiger partial charge in [0.25, 0.3) is 5.91 Å². The molecule has 3 aliphatic heterocycles. The summed E-state index contributed by atoms with van der Waals surface area (Å²) in [4.78, 5) is 19.0. The quantitative estimate of drug-likeness (QED) is 0.932. The maximum absolute atomic E-state index is 12.5. The summed E-state index contributed by atoms with van der Waals surface area (Å²) in [6, 6.07) is 9.44. The summed E-state index contributed by atoms with van der Waals surface area (Å²) in [5.74, 6) is 2.13. The van der Waals surface area contributed by atoms with E-state index in [4.69, 9.17) is 4.74 Å². The molecule has 3 fully saturated rings. The first-order valence-corrected chi connectivity index (χ1v) is 8.91. The van der Waals surface area contributed by atoms with Crippen LogP contribution in [0, 0.1) is 12.8 Å². The topological polar surface area (TPSA) is 54.5 Å². The van der Waals surface area contributed by atoms with Gasteiger partial charge in [-0.2, -0.15) is 0 Å². The number of amides is 1. The van der Waals surface area contributed by atoms with Crippen LogP contribution < -0.4 is 10.1 Å². The lowest BCUT2D eigenvalue weighted by Crippen LogP contribution is -2.57. The number of aromatic nitrogens is 1. The van der Waals surface area contributed by atoms with Crippen molar-refractivity contribution in [2.24, 2.45) is 5.92 Å². The lowest BCUT2D eigenvalue weighted by atomic mass is 9.84. The summed E-state index contributed by atoms with van der Waals surface area (Å²) < 4.78 is 5.86. The van der Waals surface area contributed by atoms with Gasteiger partial charge in [0, 0.05) is 36.1 Å². The van der Waals surface area contributed by atoms with Crippen molar-refractivity contribution in [2.45, 2.75) is 25.8 Å². The highest BCUT2D eigenvalue weighted by Crippen LogP contribution is 2.28. The number of hydrogen-bond acceptors (Lipinski definition) is 4. The number of benzene rings is 1. The van der Waals surface area contributed by atoms with Crippen LogP contribution in [0.5, 0.6) is 11.5 Å². The minimum absolute atomic E-state index is 0.00499. The molecular weight excluding hydrogens is 314 g/mol. The Hall–Kier alpha value is -2.40. The second-order valence-corrected chi connectivity index (χ2v) is 6.99. The fourth-order valence-corrected chi connectivity index (χ4v) is 3.76. The second-order valence-electron chi connectivity index (χ2n) is 6.99. The third kappa shape index (κ3) is 3.51. The largest absolute Gasteiger partial charge is 0.457 e. The predicted octanol–water partition coefficient (Wildman–Crippen LogP) is 3.01. The van der Waals surface area contributed by atoms with Crippen LogP contribution in [0.3, 0.4) is 0 Å². The monoisotopic (exact) mass is 337 g/mol. The highest BCUT2D eigenvalue weighted by Gasteiger charge is 2.34. The number of nitrogens with one attached hydrogen (secondary N) is 1. The van der Waals surface area contributed by atoms with Gasteiger partial charge >= 0.3 is 0 Å². The lowest BCUT2D eigenvalue weighted by Gasteiger charge is -2.44. The first-order chi connectivity index (χ1) is 12.2. The summed E-state index contributed by atoms with van der Waals surface area (Å²) in [6.45, 7) is 5.30. The highest BCUT2D eigenvalue weighted by molar-refractivity contribution is 5.94. The van der Waals surface area contributed by atoms with Crippen molar-refractivity contribution < 1.29 is 9.53 Å². The van der Waals surface area contributed by atoms with Gasteiger partial charge in [0.05, 0.1) is 0 Å². The number of rotatable bonds is 4. The van der Waals surface area contributed by atoms with E-state index in [0.717, 1.165) is 17.9 Å². The van der Waals surface area contributed by atoms with Crippen molar-refractivity contribution in [1.29, 1.82) is 0 Å². The minimum atomic E-state index is 0.00499. The Balaban J connectivity index is 1.40. The molecule has 0 aliphatic carbocycles. The van der Waals surface area contributed by atoms with Crippen molar-refractivity contribution in [1.82, 2.24) is 15.2 Å². The summed E-state index contributed by atoms with van der Waals surface area (Å²) >= 11 is 0. The van der Waals surface area contributed by atoms with Crippen molar-refractivity contribution in [3.8, 4) is 11.5 Å². The minimum Gasteiger partial charge on any atom is -0.457 e. The van der Waals surface area contributed by atoms with Gasteiger partial charge in [-0.1, -0.05) is 0 Å². The molecule has 1 aromatic heterocycles. The van der Waals surface area contributed by atoms with Crippen LogP contribution in [0.4, 0.5) is 0 Å². The molecule has 0 saturated carbocycles. The summed E-state index contributed by atoms with van der Waals surface area (Å²) in [5, 5.41) is 3.22. The second kappa shape index (κ2) is 6.84. The van der Waals surface area contributed by atoms with Crippen molar-refractivity contribution in [2.75, 3.05) is 19.6 Å². The molecule has 25 heavy (non-hydrogen) atoms. The Labute approximate surface area is 148 Å². The molecular formula is C20H23N3O2. The number of fused-ring (bicyclic) bond motifs is 3. The van der Waals surface area contributed by atoms with E-state index in [1.54, 1.807) is 12.4 Å². The Kier molecular flexibility index (Phi) is 4.40. The fraction of sp³-hybridized carbons (Fsp3) is 0.400. The Morgan fingerprint density at radius 3 is 2.60 bits per heavy atom. The molecule has 3 saturated heterocycles. The predicted molar refractivity (Wildman–Crippen MR) is 95.9 cm³/mol. The van der Waals surface area contributed by atoms with E-state index in [1.165, 1.54) is 25.9 Å². The van der Waals surface area contributed by atoms with Gasteiger partial charge in [0.2, 0.25) is 0 Å². The number of nitrogens with zero attached hydrogens (tertiary/aromatic N) is 2. The zero-order valence-electron chi connectivity index (χ0n) is 14.4. The molecule has 5 heteroatoms. The van der Waals surface area contributed by atoms with Gasteiger partial charge in [-0.3, -0.25) is 9.78 Å². The van der Waals surface area contributed by atoms with Crippen LogP contribution in [0.2, 0.25) is 0 Å². The van der Waals surface area contributed by atoms with E-state index >= 15 is 0 Å². The molecule has 1 N–H and O–H groups in total. The van der Waals surface area contributed by atoms with Gasteiger partial charge in [-0.25, -0.2) is 0 Å². The standard InChI is InChI=1S/C20H23N3O2/c1-14-12-21-9-6-19(14)25-17-4-2-16(3-5-17)20(24)22-18-13-23-10-7-15(18)8-11-23/h2-6,9,12,15,18H,7-8,10-11,13H2,1H3,(H,22,24)/t18-/m0/s1. The number of piperidine rings is 3. The molecule has 1 amide bonds. The Bertz CT molecular complexity index is 752. The van der Waals surface area contributed by atoms with E-state index in [0.29, 0.717) is 17.2 Å². The van der Waals surface area contributed by atoms with Gasteiger partial charge in [0.15, 0.2) is 0 Å². The molecule has 4 heterocycles. The van der Waals surface area contributed by atoms with Crippen LogP contribution in [-0.4, -0.2) is 41.5 Å². The summed E-state index contributed by atoms with van der Waals surface area (Å²) in [6.07, 6.45) is 5.87. The maximum atomic E-state index is 12.5. The van der Waals surface area contributed by atoms with Crippen LogP contribution in [-0.2, 0) is 0 Å². The van der Waals surface area contributed by atoms with E-state index in [9.17, 15) is 4.79 Å². The third-order valence-electron chi connectivity index (χ3n) is 5.29. The van der Waals surface area contributed by atoms with Gasteiger partial charge in [-0.05, 0) is 69.1 Å². The molecule has 0 spiro atoms. The first kappa shape index (κ1) is 16.1. The van der Waals surface area contributed by atoms with Crippen molar-refractivity contribution >= 4 is 5.91 Å². The number of pyridine rings is 1. The zero-order valence-corrected chi connectivity index (χ0v) is 14.4. The molecule has 2 aromatic rings. The molecule has 5 rings (SSSR count). The van der Waals surface area contributed by atoms with Crippen LogP contribution in [0.1, 0.15) is 28.8 Å². The third-order valence-corrected chi connectivity index (χ3v) is 5.29. The van der Waals surface area contributed by atoms with Gasteiger partial charge in [-0.15, -0.1) is 0 Å². The first-order valence-electron chi connectivity index (χ1n) is 8.91. The number of carbonyl (C=O) groups is 1. The number of aryl methyl sites for hydroxylation is 1. The average Bonchev–Trinajstić information content (AvgIpc) is 2.65. The number of hydrogen-bond donors (Lipinski definition) is 1. The maximum Gasteiger partial charge on any atom is 0.251 e. The van der Waals surface area contributed by atoms with Crippen LogP contribution in [0.25, 0.3) is 0 Å². The van der Waals surface area contributed by atoms with Gasteiger partial charge < -0.3 is 15.0 Å². The molecule has 0 radical (unpaired) electrons. The number of ether oxygens (including phenoxy) is 1. The fourth-order valence-electron chi connectivity index (χ4n) is 3.76. The van der Waals surface area contributed by atoms with Crippen LogP contribution in [0.15, 0.2) is 42.7 Å². The Morgan fingerprint density at radius 1 is 1.20 bits per heavy atom. The van der Waals surface area contributed by atoms with Crippen molar-refractivity contribution in [3.63, 3.8) is 0 Å². The summed E-state index contributed by atoms with van der Waals surface area (Å²) in [5.41, 5.74) is 1.65. The van der Waals surface area contributed by atoms with E-state index in [-0.39, 0.29) is 11.9 Å². The highest BCUT2D eigenvalue weighted by atomic mass is 16.5. The molecule has 5 nitrogen and oxygen atoms in total.